The number of anilines is 1. The molecule has 3 unspecified atom stereocenters. The minimum atomic E-state index is -4.20. The molecule has 2 aromatic carbocycles. The van der Waals surface area contributed by atoms with Gasteiger partial charge in [-0.2, -0.15) is 10.2 Å². The first kappa shape index (κ1) is 30.2. The van der Waals surface area contributed by atoms with E-state index in [4.69, 9.17) is 4.84 Å². The monoisotopic (exact) mass is 584 g/mol. The minimum Gasteiger partial charge on any atom is -0.480 e. The summed E-state index contributed by atoms with van der Waals surface area (Å²) in [4.78, 5) is 37.2. The van der Waals surface area contributed by atoms with Gasteiger partial charge in [-0.1, -0.05) is 42.5 Å². The Labute approximate surface area is 239 Å². The molecule has 1 fully saturated rings. The van der Waals surface area contributed by atoms with Crippen LogP contribution < -0.4 is 20.8 Å². The zero-order valence-corrected chi connectivity index (χ0v) is 23.8. The molecule has 0 saturated carbocycles. The quantitative estimate of drug-likeness (QED) is 0.156. The number of nitrogens with zero attached hydrogens (tertiary/aromatic N) is 1. The molecule has 1 saturated heterocycles. The molecule has 4 rings (SSSR count). The standard InChI is InChI=1S/C28H36N6O6S/c1-18-14-21(20-8-4-3-5-9-20)15-19(2)25(18)41(38,39)34-24(27(36)37)17-32-26(35)23-16-22(40-33-23)10-6-7-11-29-28-30-12-13-31-28/h3-5,8-9,12-15,22-24,33-34H,6-7,10-11,16-17H2,1-2H3,(H,32,35)(H,36,37)(H2,29,30,31). The minimum absolute atomic E-state index is 0.0165. The SMILES string of the molecule is Cc1cc(-c2ccccc2)cc(C)c1S(=O)(=O)NC(CNC(=O)C1CC(CCCCNc2ncc[nH]2)ON1)C(=O)O. The first-order valence-corrected chi connectivity index (χ1v) is 15.0. The van der Waals surface area contributed by atoms with Crippen molar-refractivity contribution in [2.24, 2.45) is 0 Å². The van der Waals surface area contributed by atoms with E-state index in [1.165, 1.54) is 0 Å². The zero-order valence-electron chi connectivity index (χ0n) is 23.0. The van der Waals surface area contributed by atoms with E-state index in [1.807, 2.05) is 30.3 Å². The topological polar surface area (TPSA) is 175 Å². The number of H-pyrrole nitrogens is 1. The van der Waals surface area contributed by atoms with E-state index in [2.05, 4.69) is 30.8 Å². The number of nitrogens with one attached hydrogen (secondary N) is 5. The molecule has 1 amide bonds. The van der Waals surface area contributed by atoms with E-state index in [0.717, 1.165) is 36.9 Å². The molecule has 12 nitrogen and oxygen atoms in total. The van der Waals surface area contributed by atoms with Crippen LogP contribution >= 0.6 is 0 Å². The fourth-order valence-corrected chi connectivity index (χ4v) is 6.51. The van der Waals surface area contributed by atoms with E-state index in [1.54, 1.807) is 38.4 Å². The number of aromatic amines is 1. The number of aliphatic carboxylic acids is 1. The molecule has 220 valence electrons. The molecule has 0 bridgehead atoms. The maximum absolute atomic E-state index is 13.3. The number of hydrogen-bond donors (Lipinski definition) is 6. The number of aromatic nitrogens is 2. The van der Waals surface area contributed by atoms with Crippen LogP contribution in [0.25, 0.3) is 11.1 Å². The molecule has 3 atom stereocenters. The van der Waals surface area contributed by atoms with Crippen LogP contribution in [-0.2, 0) is 24.4 Å². The average Bonchev–Trinajstić information content (AvgIpc) is 3.63. The highest BCUT2D eigenvalue weighted by Crippen LogP contribution is 2.28. The fraction of sp³-hybridized carbons (Fsp3) is 0.393. The van der Waals surface area contributed by atoms with Crippen molar-refractivity contribution < 1.29 is 28.0 Å². The number of unbranched alkanes of at least 4 members (excludes halogenated alkanes) is 1. The second-order valence-corrected chi connectivity index (χ2v) is 11.7. The van der Waals surface area contributed by atoms with Crippen LogP contribution in [0.1, 0.15) is 36.8 Å². The lowest BCUT2D eigenvalue weighted by Crippen LogP contribution is -2.51. The van der Waals surface area contributed by atoms with Crippen molar-refractivity contribution >= 4 is 27.8 Å². The summed E-state index contributed by atoms with van der Waals surface area (Å²) in [6.45, 7) is 3.67. The van der Waals surface area contributed by atoms with E-state index >= 15 is 0 Å². The van der Waals surface area contributed by atoms with Crippen LogP contribution in [0.15, 0.2) is 59.8 Å². The molecule has 1 aliphatic rings. The highest BCUT2D eigenvalue weighted by Gasteiger charge is 2.33. The van der Waals surface area contributed by atoms with Crippen molar-refractivity contribution in [1.29, 1.82) is 0 Å². The molecule has 13 heteroatoms. The molecule has 0 spiro atoms. The van der Waals surface area contributed by atoms with E-state index < -0.39 is 40.5 Å². The number of carboxylic acid groups (broad SMARTS) is 1. The van der Waals surface area contributed by atoms with Crippen molar-refractivity contribution in [3.05, 3.63) is 66.0 Å². The number of sulfonamides is 1. The van der Waals surface area contributed by atoms with Gasteiger partial charge in [0, 0.05) is 31.9 Å². The summed E-state index contributed by atoms with van der Waals surface area (Å²) in [6, 6.07) is 10.8. The average molecular weight is 585 g/mol. The number of imidazole rings is 1. The Hall–Kier alpha value is -3.78. The second kappa shape index (κ2) is 13.7. The number of carbonyl (C=O) groups excluding carboxylic acids is 1. The third-order valence-corrected chi connectivity index (χ3v) is 8.62. The molecular formula is C28H36N6O6S. The van der Waals surface area contributed by atoms with Gasteiger partial charge in [-0.05, 0) is 55.4 Å². The van der Waals surface area contributed by atoms with Gasteiger partial charge in [0.2, 0.25) is 15.9 Å². The van der Waals surface area contributed by atoms with Crippen LogP contribution in [0.4, 0.5) is 5.95 Å². The van der Waals surface area contributed by atoms with Gasteiger partial charge in [0.05, 0.1) is 11.0 Å². The predicted molar refractivity (Wildman–Crippen MR) is 153 cm³/mol. The molecule has 1 aliphatic heterocycles. The van der Waals surface area contributed by atoms with E-state index in [0.29, 0.717) is 23.5 Å². The fourth-order valence-electron chi connectivity index (χ4n) is 4.86. The normalized spacial score (nSPS) is 17.7. The molecule has 1 aromatic heterocycles. The van der Waals surface area contributed by atoms with Crippen LogP contribution in [0, 0.1) is 13.8 Å². The number of carbonyl (C=O) groups is 2. The molecule has 3 aromatic rings. The van der Waals surface area contributed by atoms with Gasteiger partial charge in [-0.15, -0.1) is 0 Å². The van der Waals surface area contributed by atoms with Gasteiger partial charge < -0.3 is 20.7 Å². The van der Waals surface area contributed by atoms with Gasteiger partial charge in [-0.25, -0.2) is 13.4 Å². The smallest absolute Gasteiger partial charge is 0.323 e. The van der Waals surface area contributed by atoms with Crippen molar-refractivity contribution in [3.8, 4) is 11.1 Å². The Bertz CT molecular complexity index is 1410. The van der Waals surface area contributed by atoms with Crippen molar-refractivity contribution in [1.82, 2.24) is 25.5 Å². The van der Waals surface area contributed by atoms with Crippen molar-refractivity contribution in [2.45, 2.75) is 62.6 Å². The number of benzene rings is 2. The summed E-state index contributed by atoms with van der Waals surface area (Å²) in [5.41, 5.74) is 5.47. The number of hydroxylamine groups is 1. The first-order chi connectivity index (χ1) is 19.6. The van der Waals surface area contributed by atoms with Gasteiger partial charge in [0.15, 0.2) is 5.95 Å². The number of carboxylic acids is 1. The van der Waals surface area contributed by atoms with E-state index in [-0.39, 0.29) is 11.0 Å². The first-order valence-electron chi connectivity index (χ1n) is 13.5. The maximum atomic E-state index is 13.3. The van der Waals surface area contributed by atoms with Crippen molar-refractivity contribution in [3.63, 3.8) is 0 Å². The predicted octanol–water partition coefficient (Wildman–Crippen LogP) is 2.49. The third-order valence-electron chi connectivity index (χ3n) is 6.85. The van der Waals surface area contributed by atoms with Gasteiger partial charge in [-0.3, -0.25) is 14.4 Å². The van der Waals surface area contributed by atoms with Crippen LogP contribution in [0.5, 0.6) is 0 Å². The third kappa shape index (κ3) is 8.13. The second-order valence-electron chi connectivity index (χ2n) is 10.1. The lowest BCUT2D eigenvalue weighted by Gasteiger charge is -2.19. The van der Waals surface area contributed by atoms with Crippen LogP contribution in [-0.4, -0.2) is 66.6 Å². The summed E-state index contributed by atoms with van der Waals surface area (Å²) >= 11 is 0. The Morgan fingerprint density at radius 2 is 1.85 bits per heavy atom. The summed E-state index contributed by atoms with van der Waals surface area (Å²) < 4.78 is 28.8. The highest BCUT2D eigenvalue weighted by atomic mass is 32.2. The van der Waals surface area contributed by atoms with Crippen LogP contribution in [0.3, 0.4) is 0 Å². The Morgan fingerprint density at radius 1 is 1.12 bits per heavy atom. The lowest BCUT2D eigenvalue weighted by atomic mass is 10.0. The molecule has 6 N–H and O–H groups in total. The molecule has 41 heavy (non-hydrogen) atoms. The number of rotatable bonds is 14. The lowest BCUT2D eigenvalue weighted by molar-refractivity contribution is -0.139. The van der Waals surface area contributed by atoms with Crippen LogP contribution in [0.2, 0.25) is 0 Å². The van der Waals surface area contributed by atoms with Crippen molar-refractivity contribution in [2.75, 3.05) is 18.4 Å². The summed E-state index contributed by atoms with van der Waals surface area (Å²) in [7, 11) is -4.20. The summed E-state index contributed by atoms with van der Waals surface area (Å²) in [5.74, 6) is -1.15. The van der Waals surface area contributed by atoms with E-state index in [9.17, 15) is 23.1 Å². The summed E-state index contributed by atoms with van der Waals surface area (Å²) in [6.07, 6.45) is 6.20. The Kier molecular flexibility index (Phi) is 10.1. The number of hydrogen-bond acceptors (Lipinski definition) is 8. The maximum Gasteiger partial charge on any atom is 0.323 e. The van der Waals surface area contributed by atoms with Gasteiger partial charge in [0.1, 0.15) is 12.1 Å². The molecular weight excluding hydrogens is 548 g/mol. The van der Waals surface area contributed by atoms with Gasteiger partial charge in [0.25, 0.3) is 0 Å². The molecule has 0 radical (unpaired) electrons. The number of aryl methyl sites for hydroxylation is 2. The number of amides is 1. The molecule has 0 aliphatic carbocycles. The molecule has 2 heterocycles. The Balaban J connectivity index is 1.28. The zero-order chi connectivity index (χ0) is 29.4. The highest BCUT2D eigenvalue weighted by molar-refractivity contribution is 7.89. The largest absolute Gasteiger partial charge is 0.480 e. The summed E-state index contributed by atoms with van der Waals surface area (Å²) in [5, 5.41) is 15.4. The Morgan fingerprint density at radius 3 is 2.51 bits per heavy atom. The van der Waals surface area contributed by atoms with Gasteiger partial charge >= 0.3 is 5.97 Å².